The summed E-state index contributed by atoms with van der Waals surface area (Å²) in [5.74, 6) is 3.87. The van der Waals surface area contributed by atoms with Crippen LogP contribution >= 0.6 is 0 Å². The molecule has 4 aromatic carbocycles. The number of phenols is 1. The number of hydrogen-bond acceptors (Lipinski definition) is 8. The fourth-order valence-electron chi connectivity index (χ4n) is 6.79. The third kappa shape index (κ3) is 5.19. The molecule has 232 valence electrons. The van der Waals surface area contributed by atoms with Crippen LogP contribution in [-0.4, -0.2) is 56.9 Å². The van der Waals surface area contributed by atoms with Gasteiger partial charge in [0.05, 0.1) is 27.4 Å². The molecule has 6 bridgehead atoms. The molecule has 0 fully saturated rings. The lowest BCUT2D eigenvalue weighted by Crippen LogP contribution is -2.33. The number of benzene rings is 4. The second-order valence-corrected chi connectivity index (χ2v) is 11.9. The molecule has 0 spiro atoms. The zero-order chi connectivity index (χ0) is 31.2. The minimum Gasteiger partial charge on any atom is -0.502 e. The number of likely N-dealkylation sites (N-methyl/N-ethyl adjacent to an activating group) is 2. The molecule has 0 radical (unpaired) electrons. The molecule has 8 heteroatoms. The Bertz CT molecular complexity index is 1780. The van der Waals surface area contributed by atoms with Crippen molar-refractivity contribution in [3.8, 4) is 46.0 Å². The second kappa shape index (κ2) is 11.6. The number of methoxy groups -OCH3 is 3. The highest BCUT2D eigenvalue weighted by molar-refractivity contribution is 5.70. The van der Waals surface area contributed by atoms with Gasteiger partial charge in [0.15, 0.2) is 34.5 Å². The van der Waals surface area contributed by atoms with Crippen molar-refractivity contribution in [2.75, 3.05) is 42.0 Å². The van der Waals surface area contributed by atoms with Crippen LogP contribution in [0.5, 0.6) is 46.0 Å². The molecule has 45 heavy (non-hydrogen) atoms. The van der Waals surface area contributed by atoms with Gasteiger partial charge in [-0.3, -0.25) is 4.90 Å². The molecule has 2 unspecified atom stereocenters. The van der Waals surface area contributed by atoms with Gasteiger partial charge in [-0.05, 0) is 109 Å². The Balaban J connectivity index is 1.46. The highest BCUT2D eigenvalue weighted by atomic mass is 16.5. The first kappa shape index (κ1) is 28.9. The van der Waals surface area contributed by atoms with E-state index in [4.69, 9.17) is 23.7 Å². The Hall–Kier alpha value is -4.82. The van der Waals surface area contributed by atoms with Gasteiger partial charge in [-0.15, -0.1) is 0 Å². The quantitative estimate of drug-likeness (QED) is 0.261. The Labute approximate surface area is 264 Å². The summed E-state index contributed by atoms with van der Waals surface area (Å²) in [6, 6.07) is 20.3. The molecule has 0 amide bonds. The maximum Gasteiger partial charge on any atom is 0.201 e. The van der Waals surface area contributed by atoms with Crippen molar-refractivity contribution >= 4 is 6.08 Å². The summed E-state index contributed by atoms with van der Waals surface area (Å²) < 4.78 is 30.4. The molecule has 1 N–H and O–H groups in total. The van der Waals surface area contributed by atoms with Gasteiger partial charge in [-0.25, -0.2) is 0 Å². The van der Waals surface area contributed by atoms with Gasteiger partial charge < -0.3 is 33.7 Å². The van der Waals surface area contributed by atoms with Crippen LogP contribution < -0.4 is 23.7 Å². The fraction of sp³-hybridized carbons (Fsp3) is 0.297. The second-order valence-electron chi connectivity index (χ2n) is 11.9. The number of nitrogens with zero attached hydrogens (tertiary/aromatic N) is 2. The molecule has 4 aliphatic heterocycles. The molecular formula is C37H38N2O6. The zero-order valence-electron chi connectivity index (χ0n) is 26.3. The van der Waals surface area contributed by atoms with Gasteiger partial charge in [0, 0.05) is 25.2 Å². The molecule has 0 saturated carbocycles. The van der Waals surface area contributed by atoms with Crippen molar-refractivity contribution in [3.63, 3.8) is 0 Å². The number of rotatable bonds is 3. The van der Waals surface area contributed by atoms with Crippen LogP contribution in [0.4, 0.5) is 0 Å². The Kier molecular flexibility index (Phi) is 7.45. The van der Waals surface area contributed by atoms with Gasteiger partial charge >= 0.3 is 0 Å². The van der Waals surface area contributed by atoms with Gasteiger partial charge in [-0.2, -0.15) is 0 Å². The Morgan fingerprint density at radius 1 is 0.756 bits per heavy atom. The number of ether oxygens (including phenoxy) is 5. The van der Waals surface area contributed by atoms with E-state index in [2.05, 4.69) is 41.1 Å². The highest BCUT2D eigenvalue weighted by Crippen LogP contribution is 2.51. The summed E-state index contributed by atoms with van der Waals surface area (Å²) >= 11 is 0. The lowest BCUT2D eigenvalue weighted by Gasteiger charge is -2.36. The predicted octanol–water partition coefficient (Wildman–Crippen LogP) is 7.29. The van der Waals surface area contributed by atoms with E-state index >= 15 is 0 Å². The lowest BCUT2D eigenvalue weighted by atomic mass is 9.88. The summed E-state index contributed by atoms with van der Waals surface area (Å²) in [6.45, 7) is 0.933. The maximum absolute atomic E-state index is 11.6. The molecule has 4 aromatic rings. The SMILES string of the molecule is COc1ccc2cc1Oc1ccc(cc1)CC1c3cc(c(OC)cc3CCN1C)Oc1c(O)c(OC)cc3c1C(C2)N(C)C=C3. The smallest absolute Gasteiger partial charge is 0.201 e. The molecule has 4 heterocycles. The molecule has 8 rings (SSSR count). The number of phenolic OH excluding ortho intramolecular Hbond substituents is 1. The Morgan fingerprint density at radius 2 is 1.47 bits per heavy atom. The van der Waals surface area contributed by atoms with Crippen molar-refractivity contribution in [1.82, 2.24) is 9.80 Å². The van der Waals surface area contributed by atoms with Crippen LogP contribution in [0.15, 0.2) is 66.9 Å². The summed E-state index contributed by atoms with van der Waals surface area (Å²) in [5, 5.41) is 11.6. The average molecular weight is 607 g/mol. The molecule has 0 saturated heterocycles. The van der Waals surface area contributed by atoms with Crippen LogP contribution in [0.25, 0.3) is 6.08 Å². The maximum atomic E-state index is 11.6. The van der Waals surface area contributed by atoms with Crippen LogP contribution in [0.1, 0.15) is 45.5 Å². The van der Waals surface area contributed by atoms with E-state index in [1.807, 2.05) is 55.7 Å². The zero-order valence-corrected chi connectivity index (χ0v) is 26.3. The first-order valence-corrected chi connectivity index (χ1v) is 15.2. The van der Waals surface area contributed by atoms with Crippen LogP contribution in [0, 0.1) is 0 Å². The molecule has 0 aromatic heterocycles. The van der Waals surface area contributed by atoms with E-state index in [0.717, 1.165) is 41.8 Å². The van der Waals surface area contributed by atoms with E-state index in [1.165, 1.54) is 16.7 Å². The average Bonchev–Trinajstić information content (AvgIpc) is 3.05. The summed E-state index contributed by atoms with van der Waals surface area (Å²) in [6.07, 6.45) is 6.40. The molecule has 0 aliphatic carbocycles. The van der Waals surface area contributed by atoms with Gasteiger partial charge in [0.25, 0.3) is 0 Å². The van der Waals surface area contributed by atoms with Gasteiger partial charge in [0.2, 0.25) is 5.75 Å². The van der Waals surface area contributed by atoms with Gasteiger partial charge in [-0.1, -0.05) is 18.2 Å². The number of hydrogen-bond donors (Lipinski definition) is 1. The predicted molar refractivity (Wildman–Crippen MR) is 173 cm³/mol. The van der Waals surface area contributed by atoms with Crippen LogP contribution in [0.2, 0.25) is 0 Å². The van der Waals surface area contributed by atoms with Gasteiger partial charge in [0.1, 0.15) is 5.75 Å². The van der Waals surface area contributed by atoms with Crippen molar-refractivity contribution in [2.45, 2.75) is 31.3 Å². The third-order valence-electron chi connectivity index (χ3n) is 9.32. The van der Waals surface area contributed by atoms with Crippen molar-refractivity contribution in [3.05, 3.63) is 100 Å². The van der Waals surface area contributed by atoms with E-state index in [0.29, 0.717) is 40.9 Å². The molecule has 8 nitrogen and oxygen atoms in total. The standard InChI is InChI=1S/C37H38N2O6/c1-38-14-12-24-19-31(42-4)33-21-27(24)28(38)16-22-6-9-26(10-7-22)44-32-18-23(8-11-30(32)41-3)17-29-35-25(13-15-39(29)2)20-34(43-5)36(40)37(35)45-33/h6-11,13,15,18-21,28-29,40H,12,14,16-17H2,1-5H3. The van der Waals surface area contributed by atoms with Crippen molar-refractivity contribution in [1.29, 1.82) is 0 Å². The lowest BCUT2D eigenvalue weighted by molar-refractivity contribution is 0.228. The van der Waals surface area contributed by atoms with E-state index < -0.39 is 0 Å². The normalized spacial score (nSPS) is 18.6. The first-order chi connectivity index (χ1) is 21.9. The van der Waals surface area contributed by atoms with E-state index in [1.54, 1.807) is 21.3 Å². The van der Waals surface area contributed by atoms with Crippen molar-refractivity contribution < 1.29 is 28.8 Å². The van der Waals surface area contributed by atoms with Crippen molar-refractivity contribution in [2.24, 2.45) is 0 Å². The van der Waals surface area contributed by atoms with Crippen LogP contribution in [-0.2, 0) is 19.3 Å². The third-order valence-corrected chi connectivity index (χ3v) is 9.32. The Morgan fingerprint density at radius 3 is 2.22 bits per heavy atom. The van der Waals surface area contributed by atoms with E-state index in [-0.39, 0.29) is 17.8 Å². The van der Waals surface area contributed by atoms with E-state index in [9.17, 15) is 5.11 Å². The summed E-state index contributed by atoms with van der Waals surface area (Å²) in [5.41, 5.74) is 6.44. The monoisotopic (exact) mass is 606 g/mol. The number of fused-ring (bicyclic) bond motifs is 2. The minimum atomic E-state index is -0.168. The molecule has 2 atom stereocenters. The summed E-state index contributed by atoms with van der Waals surface area (Å²) in [7, 11) is 9.06. The largest absolute Gasteiger partial charge is 0.502 e. The molecular weight excluding hydrogens is 568 g/mol. The topological polar surface area (TPSA) is 72.9 Å². The van der Waals surface area contributed by atoms with Crippen LogP contribution in [0.3, 0.4) is 0 Å². The fourth-order valence-corrected chi connectivity index (χ4v) is 6.79. The molecule has 4 aliphatic rings. The number of aromatic hydroxyl groups is 1. The minimum absolute atomic E-state index is 0.0499. The first-order valence-electron chi connectivity index (χ1n) is 15.2. The summed E-state index contributed by atoms with van der Waals surface area (Å²) in [4.78, 5) is 4.52. The highest BCUT2D eigenvalue weighted by Gasteiger charge is 2.32.